The highest BCUT2D eigenvalue weighted by Gasteiger charge is 2.14. The van der Waals surface area contributed by atoms with E-state index in [2.05, 4.69) is 28.7 Å². The molecule has 2 N–H and O–H groups in total. The Bertz CT molecular complexity index is 909. The zero-order valence-corrected chi connectivity index (χ0v) is 16.2. The van der Waals surface area contributed by atoms with E-state index in [1.54, 1.807) is 11.8 Å². The standard InChI is InChI=1S/C19H20N2O3S2/c1-11(18-20-15-8-7-14(26-2)10-16(15)21-18)24-13-5-3-12(4-6-13)9-17(25)19(22)23/h3-8,10-11,17,25H,9H2,1-2H3,(H,20,21)(H,22,23). The molecule has 2 aromatic carbocycles. The first-order valence-corrected chi connectivity index (χ1v) is 9.90. The predicted octanol–water partition coefficient (Wildman–Crippen LogP) is 4.35. The Hall–Kier alpha value is -2.12. The highest BCUT2D eigenvalue weighted by Crippen LogP contribution is 2.25. The van der Waals surface area contributed by atoms with Gasteiger partial charge >= 0.3 is 5.97 Å². The molecule has 7 heteroatoms. The van der Waals surface area contributed by atoms with Crippen molar-refractivity contribution in [2.75, 3.05) is 6.26 Å². The van der Waals surface area contributed by atoms with Crippen molar-refractivity contribution < 1.29 is 14.6 Å². The lowest BCUT2D eigenvalue weighted by Gasteiger charge is -2.13. The zero-order valence-electron chi connectivity index (χ0n) is 14.5. The van der Waals surface area contributed by atoms with Gasteiger partial charge in [-0.15, -0.1) is 11.8 Å². The van der Waals surface area contributed by atoms with Crippen LogP contribution in [0.3, 0.4) is 0 Å². The van der Waals surface area contributed by atoms with Gasteiger partial charge in [0.25, 0.3) is 0 Å². The van der Waals surface area contributed by atoms with E-state index in [9.17, 15) is 4.79 Å². The fourth-order valence-electron chi connectivity index (χ4n) is 2.60. The third-order valence-electron chi connectivity index (χ3n) is 4.04. The second-order valence-electron chi connectivity index (χ2n) is 5.97. The predicted molar refractivity (Wildman–Crippen MR) is 107 cm³/mol. The van der Waals surface area contributed by atoms with E-state index in [1.165, 1.54) is 4.90 Å². The Morgan fingerprint density at radius 1 is 1.31 bits per heavy atom. The van der Waals surface area contributed by atoms with E-state index in [4.69, 9.17) is 9.84 Å². The number of aromatic nitrogens is 2. The molecule has 0 aliphatic rings. The summed E-state index contributed by atoms with van der Waals surface area (Å²) in [5.74, 6) is 0.554. The molecule has 0 aliphatic heterocycles. The van der Waals surface area contributed by atoms with Gasteiger partial charge in [-0.25, -0.2) is 4.98 Å². The number of fused-ring (bicyclic) bond motifs is 1. The molecule has 0 bridgehead atoms. The molecule has 0 radical (unpaired) electrons. The highest BCUT2D eigenvalue weighted by molar-refractivity contribution is 7.98. The van der Waals surface area contributed by atoms with Crippen LogP contribution in [0.4, 0.5) is 0 Å². The third-order valence-corrected chi connectivity index (χ3v) is 5.17. The van der Waals surface area contributed by atoms with E-state index in [0.29, 0.717) is 12.2 Å². The van der Waals surface area contributed by atoms with Crippen LogP contribution in [0.2, 0.25) is 0 Å². The molecule has 1 heterocycles. The van der Waals surface area contributed by atoms with Gasteiger partial charge in [-0.2, -0.15) is 12.6 Å². The molecule has 5 nitrogen and oxygen atoms in total. The molecular weight excluding hydrogens is 368 g/mol. The maximum Gasteiger partial charge on any atom is 0.316 e. The van der Waals surface area contributed by atoms with Gasteiger partial charge in [0.05, 0.1) is 11.0 Å². The lowest BCUT2D eigenvalue weighted by molar-refractivity contribution is -0.136. The van der Waals surface area contributed by atoms with Gasteiger partial charge in [-0.05, 0) is 55.5 Å². The second-order valence-corrected chi connectivity index (χ2v) is 7.47. The summed E-state index contributed by atoms with van der Waals surface area (Å²) < 4.78 is 5.96. The monoisotopic (exact) mass is 388 g/mol. The maximum atomic E-state index is 10.9. The molecule has 136 valence electrons. The van der Waals surface area contributed by atoms with Crippen molar-refractivity contribution in [2.45, 2.75) is 29.6 Å². The molecule has 0 amide bonds. The highest BCUT2D eigenvalue weighted by atomic mass is 32.2. The van der Waals surface area contributed by atoms with E-state index in [1.807, 2.05) is 49.6 Å². The zero-order chi connectivity index (χ0) is 18.7. The van der Waals surface area contributed by atoms with Gasteiger partial charge < -0.3 is 14.8 Å². The number of thiol groups is 1. The lowest BCUT2D eigenvalue weighted by Crippen LogP contribution is -2.16. The number of carboxylic acid groups (broad SMARTS) is 1. The summed E-state index contributed by atoms with van der Waals surface area (Å²) in [5, 5.41) is 8.22. The van der Waals surface area contributed by atoms with Gasteiger partial charge in [-0.3, -0.25) is 4.79 Å². The van der Waals surface area contributed by atoms with Gasteiger partial charge in [0.15, 0.2) is 6.10 Å². The molecule has 1 aromatic heterocycles. The molecule has 0 fully saturated rings. The second kappa shape index (κ2) is 8.05. The maximum absolute atomic E-state index is 10.9. The van der Waals surface area contributed by atoms with Crippen LogP contribution >= 0.6 is 24.4 Å². The first-order valence-electron chi connectivity index (χ1n) is 8.16. The van der Waals surface area contributed by atoms with Crippen LogP contribution in [0, 0.1) is 0 Å². The molecule has 0 saturated carbocycles. The summed E-state index contributed by atoms with van der Waals surface area (Å²) >= 11 is 5.75. The minimum absolute atomic E-state index is 0.234. The smallest absolute Gasteiger partial charge is 0.316 e. The number of carboxylic acids is 1. The number of hydrogen-bond acceptors (Lipinski definition) is 5. The van der Waals surface area contributed by atoms with E-state index in [0.717, 1.165) is 22.4 Å². The summed E-state index contributed by atoms with van der Waals surface area (Å²) in [6.45, 7) is 1.94. The van der Waals surface area contributed by atoms with Crippen LogP contribution in [0.1, 0.15) is 24.4 Å². The Balaban J connectivity index is 1.69. The first-order chi connectivity index (χ1) is 12.5. The van der Waals surface area contributed by atoms with Gasteiger partial charge in [0.1, 0.15) is 16.8 Å². The lowest BCUT2D eigenvalue weighted by atomic mass is 10.1. The van der Waals surface area contributed by atoms with Crippen molar-refractivity contribution in [3.63, 3.8) is 0 Å². The normalized spacial score (nSPS) is 13.5. The largest absolute Gasteiger partial charge is 0.483 e. The number of nitrogens with one attached hydrogen (secondary N) is 1. The molecule has 0 aliphatic carbocycles. The van der Waals surface area contributed by atoms with E-state index in [-0.39, 0.29) is 6.10 Å². The molecular formula is C19H20N2O3S2. The Kier molecular flexibility index (Phi) is 5.78. The molecule has 3 aromatic rings. The summed E-state index contributed by atoms with van der Waals surface area (Å²) in [6.07, 6.45) is 2.18. The molecule has 2 atom stereocenters. The summed E-state index contributed by atoms with van der Waals surface area (Å²) in [7, 11) is 0. The Morgan fingerprint density at radius 3 is 2.69 bits per heavy atom. The topological polar surface area (TPSA) is 75.2 Å². The number of hydrogen-bond donors (Lipinski definition) is 3. The molecule has 0 saturated heterocycles. The minimum Gasteiger partial charge on any atom is -0.483 e. The number of ether oxygens (including phenoxy) is 1. The Labute approximate surface area is 161 Å². The van der Waals surface area contributed by atoms with Crippen LogP contribution in [0.25, 0.3) is 11.0 Å². The van der Waals surface area contributed by atoms with Crippen molar-refractivity contribution in [2.24, 2.45) is 0 Å². The molecule has 0 spiro atoms. The summed E-state index contributed by atoms with van der Waals surface area (Å²) in [6, 6.07) is 13.5. The van der Waals surface area contributed by atoms with Crippen LogP contribution in [0.15, 0.2) is 47.4 Å². The van der Waals surface area contributed by atoms with Crippen molar-refractivity contribution in [1.29, 1.82) is 0 Å². The average Bonchev–Trinajstić information content (AvgIpc) is 3.06. The Morgan fingerprint density at radius 2 is 2.04 bits per heavy atom. The number of aliphatic carboxylic acids is 1. The van der Waals surface area contributed by atoms with Crippen LogP contribution in [-0.4, -0.2) is 32.5 Å². The fourth-order valence-corrected chi connectivity index (χ4v) is 3.25. The van der Waals surface area contributed by atoms with Gasteiger partial charge in [0, 0.05) is 4.90 Å². The average molecular weight is 389 g/mol. The fraction of sp³-hybridized carbons (Fsp3) is 0.263. The molecule has 2 unspecified atom stereocenters. The van der Waals surface area contributed by atoms with Crippen LogP contribution in [-0.2, 0) is 11.2 Å². The number of thioether (sulfide) groups is 1. The number of H-pyrrole nitrogens is 1. The van der Waals surface area contributed by atoms with Crippen LogP contribution in [0.5, 0.6) is 5.75 Å². The summed E-state index contributed by atoms with van der Waals surface area (Å²) in [4.78, 5) is 20.0. The van der Waals surface area contributed by atoms with Crippen LogP contribution < -0.4 is 4.74 Å². The molecule has 3 rings (SSSR count). The number of imidazole rings is 1. The van der Waals surface area contributed by atoms with E-state index >= 15 is 0 Å². The van der Waals surface area contributed by atoms with E-state index < -0.39 is 11.2 Å². The minimum atomic E-state index is -0.920. The number of carbonyl (C=O) groups is 1. The number of aromatic amines is 1. The quantitative estimate of drug-likeness (QED) is 0.414. The van der Waals surface area contributed by atoms with Gasteiger partial charge in [0.2, 0.25) is 0 Å². The van der Waals surface area contributed by atoms with Crippen molar-refractivity contribution in [3.8, 4) is 5.75 Å². The van der Waals surface area contributed by atoms with Crippen molar-refractivity contribution >= 4 is 41.4 Å². The molecule has 26 heavy (non-hydrogen) atoms. The van der Waals surface area contributed by atoms with Crippen molar-refractivity contribution in [1.82, 2.24) is 9.97 Å². The number of nitrogens with zero attached hydrogens (tertiary/aromatic N) is 1. The summed E-state index contributed by atoms with van der Waals surface area (Å²) in [5.41, 5.74) is 2.81. The van der Waals surface area contributed by atoms with Gasteiger partial charge in [-0.1, -0.05) is 12.1 Å². The first kappa shape index (κ1) is 18.7. The SMILES string of the molecule is CSc1ccc2nc(C(C)Oc3ccc(CC(S)C(=O)O)cc3)[nH]c2c1. The number of benzene rings is 2. The third kappa shape index (κ3) is 4.34. The number of rotatable bonds is 7. The van der Waals surface area contributed by atoms with Crippen molar-refractivity contribution in [3.05, 3.63) is 53.9 Å².